The standard InChI is InChI=1S/C4H11NO2S2/c1-9(6,7)3-4(8)2-5/h4,8H,2-3,5H2,1H3/t4-/m0/s1. The first-order chi connectivity index (χ1) is 3.95. The van der Waals surface area contributed by atoms with E-state index in [1.807, 2.05) is 0 Å². The molecule has 0 aliphatic rings. The summed E-state index contributed by atoms with van der Waals surface area (Å²) in [5, 5.41) is -0.222. The summed E-state index contributed by atoms with van der Waals surface area (Å²) in [5.41, 5.74) is 5.14. The normalized spacial score (nSPS) is 15.4. The van der Waals surface area contributed by atoms with Crippen LogP contribution < -0.4 is 5.73 Å². The molecule has 1 atom stereocenters. The number of nitrogens with two attached hydrogens (primary N) is 1. The molecule has 0 radical (unpaired) electrons. The van der Waals surface area contributed by atoms with Gasteiger partial charge < -0.3 is 5.73 Å². The van der Waals surface area contributed by atoms with Crippen molar-refractivity contribution in [3.05, 3.63) is 0 Å². The van der Waals surface area contributed by atoms with Crippen LogP contribution in [0.4, 0.5) is 0 Å². The predicted molar refractivity (Wildman–Crippen MR) is 41.5 cm³/mol. The molecule has 0 bridgehead atoms. The van der Waals surface area contributed by atoms with Crippen molar-refractivity contribution in [3.8, 4) is 0 Å². The van der Waals surface area contributed by atoms with Gasteiger partial charge in [-0.1, -0.05) is 0 Å². The minimum Gasteiger partial charge on any atom is -0.329 e. The van der Waals surface area contributed by atoms with E-state index in [0.29, 0.717) is 6.54 Å². The van der Waals surface area contributed by atoms with Crippen molar-refractivity contribution >= 4 is 22.5 Å². The molecule has 0 heterocycles. The highest BCUT2D eigenvalue weighted by Crippen LogP contribution is 1.95. The third kappa shape index (κ3) is 6.14. The largest absolute Gasteiger partial charge is 0.329 e. The molecule has 0 aliphatic heterocycles. The second-order valence-corrected chi connectivity index (χ2v) is 4.90. The third-order valence-corrected chi connectivity index (χ3v) is 2.42. The zero-order valence-electron chi connectivity index (χ0n) is 5.24. The van der Waals surface area contributed by atoms with Gasteiger partial charge in [-0.25, -0.2) is 8.42 Å². The minimum atomic E-state index is -2.89. The maximum Gasteiger partial charge on any atom is 0.148 e. The van der Waals surface area contributed by atoms with Crippen molar-refractivity contribution in [2.75, 3.05) is 18.6 Å². The van der Waals surface area contributed by atoms with Gasteiger partial charge in [0.2, 0.25) is 0 Å². The molecular formula is C4H11NO2S2. The van der Waals surface area contributed by atoms with Crippen molar-refractivity contribution in [1.82, 2.24) is 0 Å². The average Bonchev–Trinajstić information content (AvgIpc) is 1.62. The van der Waals surface area contributed by atoms with Gasteiger partial charge >= 0.3 is 0 Å². The zero-order valence-corrected chi connectivity index (χ0v) is 6.95. The second-order valence-electron chi connectivity index (χ2n) is 1.98. The van der Waals surface area contributed by atoms with Crippen LogP contribution in [0.3, 0.4) is 0 Å². The molecule has 0 amide bonds. The number of rotatable bonds is 3. The van der Waals surface area contributed by atoms with Gasteiger partial charge in [-0.15, -0.1) is 0 Å². The van der Waals surface area contributed by atoms with E-state index in [4.69, 9.17) is 5.73 Å². The van der Waals surface area contributed by atoms with E-state index < -0.39 is 9.84 Å². The molecule has 0 saturated carbocycles. The van der Waals surface area contributed by atoms with Gasteiger partial charge in [0.05, 0.1) is 5.75 Å². The molecule has 5 heteroatoms. The Kier molecular flexibility index (Phi) is 3.53. The topological polar surface area (TPSA) is 60.2 Å². The molecule has 2 N–H and O–H groups in total. The van der Waals surface area contributed by atoms with Gasteiger partial charge in [-0.2, -0.15) is 12.6 Å². The zero-order chi connectivity index (χ0) is 7.49. The fraction of sp³-hybridized carbons (Fsp3) is 1.00. The Hall–Kier alpha value is 0.260. The van der Waals surface area contributed by atoms with Crippen molar-refractivity contribution < 1.29 is 8.42 Å². The average molecular weight is 169 g/mol. The minimum absolute atomic E-state index is 0.0621. The molecule has 0 unspecified atom stereocenters. The highest BCUT2D eigenvalue weighted by molar-refractivity contribution is 7.92. The van der Waals surface area contributed by atoms with Gasteiger partial charge in [0.1, 0.15) is 9.84 Å². The summed E-state index contributed by atoms with van der Waals surface area (Å²) in [7, 11) is -2.89. The van der Waals surface area contributed by atoms with Crippen LogP contribution in [0.2, 0.25) is 0 Å². The predicted octanol–water partition coefficient (Wildman–Crippen LogP) is -0.712. The maximum atomic E-state index is 10.5. The van der Waals surface area contributed by atoms with Crippen LogP contribution in [-0.2, 0) is 9.84 Å². The molecule has 3 nitrogen and oxygen atoms in total. The van der Waals surface area contributed by atoms with Gasteiger partial charge in [0.25, 0.3) is 0 Å². The molecule has 0 spiro atoms. The van der Waals surface area contributed by atoms with Crippen LogP contribution in [0.15, 0.2) is 0 Å². The van der Waals surface area contributed by atoms with Gasteiger partial charge in [-0.05, 0) is 0 Å². The Labute approximate surface area is 61.0 Å². The SMILES string of the molecule is CS(=O)(=O)C[C@@H](S)CN. The van der Waals surface area contributed by atoms with Crippen LogP contribution in [0.5, 0.6) is 0 Å². The second kappa shape index (κ2) is 3.43. The van der Waals surface area contributed by atoms with E-state index in [-0.39, 0.29) is 11.0 Å². The third-order valence-electron chi connectivity index (χ3n) is 0.767. The van der Waals surface area contributed by atoms with Gasteiger partial charge in [-0.3, -0.25) is 0 Å². The lowest BCUT2D eigenvalue weighted by Crippen LogP contribution is -2.23. The molecule has 0 aromatic rings. The van der Waals surface area contributed by atoms with E-state index in [9.17, 15) is 8.42 Å². The van der Waals surface area contributed by atoms with E-state index in [1.54, 1.807) is 0 Å². The summed E-state index contributed by atoms with van der Waals surface area (Å²) >= 11 is 3.92. The molecule has 0 fully saturated rings. The summed E-state index contributed by atoms with van der Waals surface area (Å²) in [6.07, 6.45) is 1.17. The smallest absolute Gasteiger partial charge is 0.148 e. The van der Waals surface area contributed by atoms with E-state index in [1.165, 1.54) is 6.26 Å². The summed E-state index contributed by atoms with van der Waals surface area (Å²) in [6.45, 7) is 0.302. The Morgan fingerprint density at radius 1 is 1.67 bits per heavy atom. The fourth-order valence-electron chi connectivity index (χ4n) is 0.418. The molecule has 9 heavy (non-hydrogen) atoms. The molecule has 56 valence electrons. The first-order valence-electron chi connectivity index (χ1n) is 2.51. The Balaban J connectivity index is 3.75. The Bertz CT molecular complexity index is 163. The number of hydrogen-bond acceptors (Lipinski definition) is 4. The van der Waals surface area contributed by atoms with Crippen LogP contribution >= 0.6 is 12.6 Å². The highest BCUT2D eigenvalue weighted by Gasteiger charge is 2.08. The fourth-order valence-corrected chi connectivity index (χ4v) is 2.06. The monoisotopic (exact) mass is 169 g/mol. The number of hydrogen-bond donors (Lipinski definition) is 2. The van der Waals surface area contributed by atoms with Crippen molar-refractivity contribution in [1.29, 1.82) is 0 Å². The van der Waals surface area contributed by atoms with Gasteiger partial charge in [0.15, 0.2) is 0 Å². The van der Waals surface area contributed by atoms with Crippen LogP contribution in [-0.4, -0.2) is 32.2 Å². The number of thiol groups is 1. The van der Waals surface area contributed by atoms with Crippen LogP contribution in [0, 0.1) is 0 Å². The van der Waals surface area contributed by atoms with Crippen molar-refractivity contribution in [2.24, 2.45) is 5.73 Å². The maximum absolute atomic E-state index is 10.5. The molecule has 0 aromatic heterocycles. The molecule has 0 aromatic carbocycles. The molecule has 0 saturated heterocycles. The quantitative estimate of drug-likeness (QED) is 0.549. The van der Waals surface area contributed by atoms with Crippen molar-refractivity contribution in [2.45, 2.75) is 5.25 Å². The lowest BCUT2D eigenvalue weighted by molar-refractivity contribution is 0.600. The Morgan fingerprint density at radius 2 is 2.11 bits per heavy atom. The first-order valence-corrected chi connectivity index (χ1v) is 5.09. The lowest BCUT2D eigenvalue weighted by atomic mass is 10.5. The summed E-state index contributed by atoms with van der Waals surface area (Å²) in [4.78, 5) is 0. The van der Waals surface area contributed by atoms with Gasteiger partial charge in [0, 0.05) is 18.1 Å². The van der Waals surface area contributed by atoms with Crippen molar-refractivity contribution in [3.63, 3.8) is 0 Å². The first kappa shape index (κ1) is 9.26. The van der Waals surface area contributed by atoms with E-state index in [0.717, 1.165) is 0 Å². The molecule has 0 rings (SSSR count). The summed E-state index contributed by atoms with van der Waals surface area (Å²) in [5.74, 6) is 0.0621. The highest BCUT2D eigenvalue weighted by atomic mass is 32.2. The van der Waals surface area contributed by atoms with E-state index in [2.05, 4.69) is 12.6 Å². The summed E-state index contributed by atoms with van der Waals surface area (Å²) < 4.78 is 21.0. The van der Waals surface area contributed by atoms with Crippen LogP contribution in [0.25, 0.3) is 0 Å². The summed E-state index contributed by atoms with van der Waals surface area (Å²) in [6, 6.07) is 0. The number of sulfone groups is 1. The molecule has 0 aliphatic carbocycles. The van der Waals surface area contributed by atoms with E-state index >= 15 is 0 Å². The lowest BCUT2D eigenvalue weighted by Gasteiger charge is -2.03. The van der Waals surface area contributed by atoms with Crippen LogP contribution in [0.1, 0.15) is 0 Å². The molecular weight excluding hydrogens is 158 g/mol. The Morgan fingerprint density at radius 3 is 2.22 bits per heavy atom.